The number of rotatable bonds is 5. The Morgan fingerprint density at radius 3 is 2.54 bits per heavy atom. The summed E-state index contributed by atoms with van der Waals surface area (Å²) in [4.78, 5) is 29.2. The first-order valence-electron chi connectivity index (χ1n) is 8.86. The predicted molar refractivity (Wildman–Crippen MR) is 103 cm³/mol. The second kappa shape index (κ2) is 6.67. The van der Waals surface area contributed by atoms with E-state index in [2.05, 4.69) is 10.3 Å². The molecule has 0 bridgehead atoms. The number of aromatic amines is 1. The lowest BCUT2D eigenvalue weighted by Crippen LogP contribution is -2.30. The van der Waals surface area contributed by atoms with E-state index in [0.717, 1.165) is 40.7 Å². The lowest BCUT2D eigenvalue weighted by atomic mass is 10.1. The number of aromatic nitrogens is 1. The van der Waals surface area contributed by atoms with Crippen molar-refractivity contribution in [2.24, 2.45) is 0 Å². The first-order chi connectivity index (χ1) is 12.6. The van der Waals surface area contributed by atoms with E-state index in [0.29, 0.717) is 12.5 Å². The Morgan fingerprint density at radius 2 is 1.85 bits per heavy atom. The quantitative estimate of drug-likeness (QED) is 0.736. The Labute approximate surface area is 152 Å². The highest BCUT2D eigenvalue weighted by molar-refractivity contribution is 5.96. The number of nitrogens with zero attached hydrogens (tertiary/aromatic N) is 1. The average Bonchev–Trinajstić information content (AvgIpc) is 3.37. The van der Waals surface area contributed by atoms with Crippen LogP contribution >= 0.6 is 0 Å². The number of hydrogen-bond acceptors (Lipinski definition) is 2. The van der Waals surface area contributed by atoms with E-state index in [1.807, 2.05) is 59.6 Å². The highest BCUT2D eigenvalue weighted by atomic mass is 16.2. The fourth-order valence-corrected chi connectivity index (χ4v) is 3.34. The van der Waals surface area contributed by atoms with Gasteiger partial charge in [-0.25, -0.2) is 0 Å². The van der Waals surface area contributed by atoms with Crippen LogP contribution in [0.4, 0.5) is 11.4 Å². The normalized spacial score (nSPS) is 13.6. The maximum Gasteiger partial charge on any atom is 0.228 e. The zero-order valence-corrected chi connectivity index (χ0v) is 14.7. The summed E-state index contributed by atoms with van der Waals surface area (Å²) in [7, 11) is 0. The van der Waals surface area contributed by atoms with Gasteiger partial charge in [0.1, 0.15) is 0 Å². The summed E-state index contributed by atoms with van der Waals surface area (Å²) in [6, 6.07) is 15.7. The molecule has 0 unspecified atom stereocenters. The largest absolute Gasteiger partial charge is 0.361 e. The molecule has 0 aliphatic heterocycles. The van der Waals surface area contributed by atoms with Crippen LogP contribution in [0.25, 0.3) is 10.9 Å². The number of anilines is 2. The van der Waals surface area contributed by atoms with Gasteiger partial charge in [-0.1, -0.05) is 18.2 Å². The molecule has 2 N–H and O–H groups in total. The minimum absolute atomic E-state index is 0.0589. The molecule has 0 radical (unpaired) electrons. The molecule has 1 aromatic heterocycles. The van der Waals surface area contributed by atoms with E-state index in [-0.39, 0.29) is 11.8 Å². The number of fused-ring (bicyclic) bond motifs is 1. The van der Waals surface area contributed by atoms with Gasteiger partial charge in [0.25, 0.3) is 0 Å². The smallest absolute Gasteiger partial charge is 0.228 e. The van der Waals surface area contributed by atoms with Gasteiger partial charge in [0.15, 0.2) is 0 Å². The molecule has 0 saturated heterocycles. The number of H-pyrrole nitrogens is 1. The van der Waals surface area contributed by atoms with Crippen LogP contribution in [0.5, 0.6) is 0 Å². The maximum atomic E-state index is 12.4. The molecule has 1 saturated carbocycles. The van der Waals surface area contributed by atoms with E-state index < -0.39 is 0 Å². The van der Waals surface area contributed by atoms with Crippen LogP contribution in [0.3, 0.4) is 0 Å². The summed E-state index contributed by atoms with van der Waals surface area (Å²) < 4.78 is 0. The molecule has 0 atom stereocenters. The molecule has 5 heteroatoms. The molecule has 26 heavy (non-hydrogen) atoms. The van der Waals surface area contributed by atoms with Crippen LogP contribution < -0.4 is 10.2 Å². The van der Waals surface area contributed by atoms with Gasteiger partial charge in [-0.3, -0.25) is 9.59 Å². The Hall–Kier alpha value is -3.08. The van der Waals surface area contributed by atoms with Crippen molar-refractivity contribution in [2.75, 3.05) is 10.2 Å². The highest BCUT2D eigenvalue weighted by Gasteiger charge is 2.31. The lowest BCUT2D eigenvalue weighted by Gasteiger charge is -2.21. The number of carbonyl (C=O) groups excluding carboxylic acids is 2. The van der Waals surface area contributed by atoms with E-state index in [9.17, 15) is 9.59 Å². The summed E-state index contributed by atoms with van der Waals surface area (Å²) in [5.41, 5.74) is 3.63. The SMILES string of the molecule is CC(=O)N(c1ccc(NC(=O)Cc2c[nH]c3ccccc23)cc1)C1CC1. The number of para-hydroxylation sites is 1. The third-order valence-electron chi connectivity index (χ3n) is 4.71. The zero-order valence-electron chi connectivity index (χ0n) is 14.7. The zero-order chi connectivity index (χ0) is 18.1. The van der Waals surface area contributed by atoms with Crippen molar-refractivity contribution in [2.45, 2.75) is 32.2 Å². The standard InChI is InChI=1S/C21H21N3O2/c1-14(25)24(18-10-11-18)17-8-6-16(7-9-17)23-21(26)12-15-13-22-20-5-3-2-4-19(15)20/h2-9,13,18,22H,10-12H2,1H3,(H,23,26). The van der Waals surface area contributed by atoms with Crippen molar-refractivity contribution in [1.29, 1.82) is 0 Å². The van der Waals surface area contributed by atoms with Gasteiger partial charge in [0.05, 0.1) is 6.42 Å². The molecule has 5 nitrogen and oxygen atoms in total. The first-order valence-corrected chi connectivity index (χ1v) is 8.86. The highest BCUT2D eigenvalue weighted by Crippen LogP contribution is 2.32. The minimum Gasteiger partial charge on any atom is -0.361 e. The predicted octanol–water partition coefficient (Wildman–Crippen LogP) is 3.86. The van der Waals surface area contributed by atoms with E-state index in [1.165, 1.54) is 0 Å². The molecule has 2 aromatic carbocycles. The van der Waals surface area contributed by atoms with Crippen LogP contribution in [-0.2, 0) is 16.0 Å². The molecule has 1 aliphatic carbocycles. The molecule has 132 valence electrons. The van der Waals surface area contributed by atoms with Gasteiger partial charge >= 0.3 is 0 Å². The van der Waals surface area contributed by atoms with Crippen molar-refractivity contribution < 1.29 is 9.59 Å². The number of nitrogens with one attached hydrogen (secondary N) is 2. The molecule has 1 heterocycles. The monoisotopic (exact) mass is 347 g/mol. The van der Waals surface area contributed by atoms with Gasteiger partial charge in [-0.05, 0) is 48.7 Å². The van der Waals surface area contributed by atoms with E-state index in [1.54, 1.807) is 6.92 Å². The summed E-state index contributed by atoms with van der Waals surface area (Å²) in [6.07, 6.45) is 4.31. The first kappa shape index (κ1) is 16.4. The molecular formula is C21H21N3O2. The minimum atomic E-state index is -0.0619. The van der Waals surface area contributed by atoms with Gasteiger partial charge < -0.3 is 15.2 Å². The lowest BCUT2D eigenvalue weighted by molar-refractivity contribution is -0.117. The molecule has 0 spiro atoms. The van der Waals surface area contributed by atoms with Crippen molar-refractivity contribution in [1.82, 2.24) is 4.98 Å². The van der Waals surface area contributed by atoms with Crippen LogP contribution in [-0.4, -0.2) is 22.8 Å². The van der Waals surface area contributed by atoms with Gasteiger partial charge in [-0.15, -0.1) is 0 Å². The average molecular weight is 347 g/mol. The molecule has 2 amide bonds. The summed E-state index contributed by atoms with van der Waals surface area (Å²) in [5, 5.41) is 4.00. The Morgan fingerprint density at radius 1 is 1.12 bits per heavy atom. The molecule has 1 fully saturated rings. The van der Waals surface area contributed by atoms with Crippen molar-refractivity contribution >= 4 is 34.1 Å². The number of hydrogen-bond donors (Lipinski definition) is 2. The molecule has 3 aromatic rings. The van der Waals surface area contributed by atoms with Crippen LogP contribution in [0.2, 0.25) is 0 Å². The topological polar surface area (TPSA) is 65.2 Å². The van der Waals surface area contributed by atoms with Crippen LogP contribution in [0, 0.1) is 0 Å². The third kappa shape index (κ3) is 3.33. The number of carbonyl (C=O) groups is 2. The number of amides is 2. The number of benzene rings is 2. The maximum absolute atomic E-state index is 12.4. The Bertz CT molecular complexity index is 955. The van der Waals surface area contributed by atoms with Crippen LogP contribution in [0.1, 0.15) is 25.3 Å². The summed E-state index contributed by atoms with van der Waals surface area (Å²) >= 11 is 0. The van der Waals surface area contributed by atoms with Crippen molar-refractivity contribution in [3.63, 3.8) is 0 Å². The Kier molecular flexibility index (Phi) is 4.21. The van der Waals surface area contributed by atoms with Crippen molar-refractivity contribution in [3.8, 4) is 0 Å². The Balaban J connectivity index is 1.43. The second-order valence-electron chi connectivity index (χ2n) is 6.75. The molecule has 4 rings (SSSR count). The molecular weight excluding hydrogens is 326 g/mol. The summed E-state index contributed by atoms with van der Waals surface area (Å²) in [6.45, 7) is 1.59. The fraction of sp³-hybridized carbons (Fsp3) is 0.238. The third-order valence-corrected chi connectivity index (χ3v) is 4.71. The second-order valence-corrected chi connectivity index (χ2v) is 6.75. The fourth-order valence-electron chi connectivity index (χ4n) is 3.34. The van der Waals surface area contributed by atoms with Crippen molar-refractivity contribution in [3.05, 3.63) is 60.3 Å². The van der Waals surface area contributed by atoms with Crippen LogP contribution in [0.15, 0.2) is 54.7 Å². The summed E-state index contributed by atoms with van der Waals surface area (Å²) in [5.74, 6) is -0.00302. The van der Waals surface area contributed by atoms with Gasteiger partial charge in [-0.2, -0.15) is 0 Å². The van der Waals surface area contributed by atoms with Gasteiger partial charge in [0.2, 0.25) is 11.8 Å². The van der Waals surface area contributed by atoms with Gasteiger partial charge in [0, 0.05) is 41.4 Å². The molecule has 1 aliphatic rings. The van der Waals surface area contributed by atoms with E-state index >= 15 is 0 Å². The van der Waals surface area contributed by atoms with E-state index in [4.69, 9.17) is 0 Å².